The van der Waals surface area contributed by atoms with Crippen molar-refractivity contribution in [3.8, 4) is 5.75 Å². The third-order valence-electron chi connectivity index (χ3n) is 3.91. The number of guanidine groups is 1. The number of methoxy groups -OCH3 is 1. The van der Waals surface area contributed by atoms with Crippen LogP contribution in [0.15, 0.2) is 35.6 Å². The number of aliphatic imine (C=N–C) groups is 1. The summed E-state index contributed by atoms with van der Waals surface area (Å²) in [5.74, 6) is 0.320. The van der Waals surface area contributed by atoms with Gasteiger partial charge in [-0.25, -0.2) is 9.38 Å². The SMILES string of the molecule is CCNC(=NCc1ccc(OC)c(F)c1)NCC(C)(O)c1cnn(C)c1.I. The summed E-state index contributed by atoms with van der Waals surface area (Å²) in [5.41, 5.74) is 0.330. The monoisotopic (exact) mass is 491 g/mol. The van der Waals surface area contributed by atoms with Crippen LogP contribution in [0.3, 0.4) is 0 Å². The maximum atomic E-state index is 13.8. The van der Waals surface area contributed by atoms with Crippen molar-refractivity contribution < 1.29 is 14.2 Å². The average Bonchev–Trinajstić information content (AvgIpc) is 3.05. The molecule has 0 aliphatic heterocycles. The molecule has 0 spiro atoms. The maximum Gasteiger partial charge on any atom is 0.191 e. The molecule has 0 saturated carbocycles. The predicted octanol–water partition coefficient (Wildman–Crippen LogP) is 2.15. The fourth-order valence-electron chi connectivity index (χ4n) is 2.38. The van der Waals surface area contributed by atoms with Crippen LogP contribution in [0, 0.1) is 5.82 Å². The van der Waals surface area contributed by atoms with E-state index in [1.54, 1.807) is 43.2 Å². The van der Waals surface area contributed by atoms with Gasteiger partial charge in [0.25, 0.3) is 0 Å². The quantitative estimate of drug-likeness (QED) is 0.314. The van der Waals surface area contributed by atoms with Gasteiger partial charge < -0.3 is 20.5 Å². The van der Waals surface area contributed by atoms with Crippen LogP contribution in [0.2, 0.25) is 0 Å². The lowest BCUT2D eigenvalue weighted by Crippen LogP contribution is -2.44. The normalized spacial score (nSPS) is 13.5. The van der Waals surface area contributed by atoms with Crippen LogP contribution in [0.5, 0.6) is 5.75 Å². The van der Waals surface area contributed by atoms with E-state index in [0.717, 1.165) is 5.56 Å². The summed E-state index contributed by atoms with van der Waals surface area (Å²) >= 11 is 0. The van der Waals surface area contributed by atoms with Crippen LogP contribution in [-0.4, -0.2) is 41.0 Å². The van der Waals surface area contributed by atoms with Crippen molar-refractivity contribution in [2.45, 2.75) is 26.0 Å². The van der Waals surface area contributed by atoms with Gasteiger partial charge in [0.15, 0.2) is 17.5 Å². The van der Waals surface area contributed by atoms with Gasteiger partial charge in [-0.15, -0.1) is 24.0 Å². The van der Waals surface area contributed by atoms with E-state index in [0.29, 0.717) is 24.6 Å². The molecule has 1 heterocycles. The summed E-state index contributed by atoms with van der Waals surface area (Å²) in [4.78, 5) is 4.44. The van der Waals surface area contributed by atoms with Crippen LogP contribution in [-0.2, 0) is 19.2 Å². The average molecular weight is 491 g/mol. The van der Waals surface area contributed by atoms with Gasteiger partial charge in [-0.2, -0.15) is 5.10 Å². The number of nitrogens with zero attached hydrogens (tertiary/aromatic N) is 3. The number of aromatic nitrogens is 2. The zero-order chi connectivity index (χ0) is 19.2. The van der Waals surface area contributed by atoms with Crippen LogP contribution in [0.4, 0.5) is 4.39 Å². The summed E-state index contributed by atoms with van der Waals surface area (Å²) in [6, 6.07) is 4.74. The molecule has 3 N–H and O–H groups in total. The van der Waals surface area contributed by atoms with E-state index >= 15 is 0 Å². The molecular weight excluding hydrogens is 464 g/mol. The fourth-order valence-corrected chi connectivity index (χ4v) is 2.38. The first-order valence-corrected chi connectivity index (χ1v) is 8.42. The van der Waals surface area contributed by atoms with Crippen molar-refractivity contribution in [1.29, 1.82) is 0 Å². The van der Waals surface area contributed by atoms with Crippen molar-refractivity contribution in [3.05, 3.63) is 47.5 Å². The standard InChI is InChI=1S/C18H26FN5O2.HI/c1-5-20-17(21-9-13-6-7-16(26-4)15(19)8-13)22-12-18(2,25)14-10-23-24(3)11-14;/h6-8,10-11,25H,5,9,12H2,1-4H3,(H2,20,21,22);1H. The number of aliphatic hydroxyl groups is 1. The second-order valence-corrected chi connectivity index (χ2v) is 6.19. The molecule has 9 heteroatoms. The Hall–Kier alpha value is -1.88. The summed E-state index contributed by atoms with van der Waals surface area (Å²) in [6.45, 7) is 4.87. The Bertz CT molecular complexity index is 764. The summed E-state index contributed by atoms with van der Waals surface area (Å²) in [5, 5.41) is 20.9. The second kappa shape index (κ2) is 10.5. The third-order valence-corrected chi connectivity index (χ3v) is 3.91. The van der Waals surface area contributed by atoms with Gasteiger partial charge in [0.2, 0.25) is 0 Å². The molecule has 1 aromatic carbocycles. The highest BCUT2D eigenvalue weighted by atomic mass is 127. The first-order valence-electron chi connectivity index (χ1n) is 8.42. The van der Waals surface area contributed by atoms with Crippen molar-refractivity contribution >= 4 is 29.9 Å². The van der Waals surface area contributed by atoms with Gasteiger partial charge in [-0.3, -0.25) is 4.68 Å². The highest BCUT2D eigenvalue weighted by molar-refractivity contribution is 14.0. The molecular formula is C18H27FIN5O2. The lowest BCUT2D eigenvalue weighted by Gasteiger charge is -2.23. The number of hydrogen-bond acceptors (Lipinski definition) is 4. The number of halogens is 2. The Kier molecular flexibility index (Phi) is 8.97. The summed E-state index contributed by atoms with van der Waals surface area (Å²) in [6.07, 6.45) is 3.40. The molecule has 2 aromatic rings. The summed E-state index contributed by atoms with van der Waals surface area (Å²) in [7, 11) is 3.23. The molecule has 0 saturated heterocycles. The van der Waals surface area contributed by atoms with E-state index in [1.807, 2.05) is 6.92 Å². The second-order valence-electron chi connectivity index (χ2n) is 6.19. The molecule has 150 valence electrons. The summed E-state index contributed by atoms with van der Waals surface area (Å²) < 4.78 is 20.3. The molecule has 0 bridgehead atoms. The van der Waals surface area contributed by atoms with Crippen molar-refractivity contribution in [2.75, 3.05) is 20.2 Å². The molecule has 0 radical (unpaired) electrons. The van der Waals surface area contributed by atoms with E-state index in [1.165, 1.54) is 13.2 Å². The highest BCUT2D eigenvalue weighted by Gasteiger charge is 2.24. The minimum Gasteiger partial charge on any atom is -0.494 e. The molecule has 0 amide bonds. The van der Waals surface area contributed by atoms with Gasteiger partial charge in [0.05, 0.1) is 26.4 Å². The number of hydrogen-bond donors (Lipinski definition) is 3. The predicted molar refractivity (Wildman–Crippen MR) is 114 cm³/mol. The first kappa shape index (κ1) is 23.2. The third kappa shape index (κ3) is 6.65. The van der Waals surface area contributed by atoms with E-state index in [4.69, 9.17) is 4.74 Å². The lowest BCUT2D eigenvalue weighted by atomic mass is 10.00. The Morgan fingerprint density at radius 1 is 1.41 bits per heavy atom. The molecule has 0 aliphatic rings. The zero-order valence-electron chi connectivity index (χ0n) is 16.0. The van der Waals surface area contributed by atoms with E-state index in [9.17, 15) is 9.50 Å². The topological polar surface area (TPSA) is 83.7 Å². The Morgan fingerprint density at radius 2 is 2.15 bits per heavy atom. The Balaban J connectivity index is 0.00000364. The molecule has 0 fully saturated rings. The molecule has 1 atom stereocenters. The minimum atomic E-state index is -1.10. The van der Waals surface area contributed by atoms with Crippen molar-refractivity contribution in [3.63, 3.8) is 0 Å². The molecule has 2 rings (SSSR count). The van der Waals surface area contributed by atoms with Gasteiger partial charge in [-0.1, -0.05) is 6.07 Å². The number of aryl methyl sites for hydroxylation is 1. The van der Waals surface area contributed by atoms with Gasteiger partial charge >= 0.3 is 0 Å². The number of nitrogens with one attached hydrogen (secondary N) is 2. The van der Waals surface area contributed by atoms with Crippen LogP contribution >= 0.6 is 24.0 Å². The molecule has 1 unspecified atom stereocenters. The molecule has 7 nitrogen and oxygen atoms in total. The van der Waals surface area contributed by atoms with Crippen molar-refractivity contribution in [1.82, 2.24) is 20.4 Å². The van der Waals surface area contributed by atoms with Gasteiger partial charge in [0.1, 0.15) is 5.60 Å². The molecule has 1 aromatic heterocycles. The number of benzene rings is 1. The van der Waals surface area contributed by atoms with E-state index in [2.05, 4.69) is 20.7 Å². The van der Waals surface area contributed by atoms with E-state index in [-0.39, 0.29) is 36.3 Å². The van der Waals surface area contributed by atoms with Crippen LogP contribution < -0.4 is 15.4 Å². The van der Waals surface area contributed by atoms with E-state index < -0.39 is 11.4 Å². The number of rotatable bonds is 7. The Morgan fingerprint density at radius 3 is 2.70 bits per heavy atom. The number of ether oxygens (including phenoxy) is 1. The van der Waals surface area contributed by atoms with Gasteiger partial charge in [-0.05, 0) is 31.5 Å². The van der Waals surface area contributed by atoms with Crippen LogP contribution in [0.1, 0.15) is 25.0 Å². The van der Waals surface area contributed by atoms with Crippen molar-refractivity contribution in [2.24, 2.45) is 12.0 Å². The fraction of sp³-hybridized carbons (Fsp3) is 0.444. The smallest absolute Gasteiger partial charge is 0.191 e. The molecule has 0 aliphatic carbocycles. The van der Waals surface area contributed by atoms with Gasteiger partial charge in [0, 0.05) is 25.4 Å². The Labute approximate surface area is 176 Å². The lowest BCUT2D eigenvalue weighted by molar-refractivity contribution is 0.0616. The molecule has 27 heavy (non-hydrogen) atoms. The first-order chi connectivity index (χ1) is 12.4. The zero-order valence-corrected chi connectivity index (χ0v) is 18.3. The maximum absolute atomic E-state index is 13.8. The minimum absolute atomic E-state index is 0. The highest BCUT2D eigenvalue weighted by Crippen LogP contribution is 2.19. The van der Waals surface area contributed by atoms with Crippen LogP contribution in [0.25, 0.3) is 0 Å². The largest absolute Gasteiger partial charge is 0.494 e.